The van der Waals surface area contributed by atoms with Crippen molar-refractivity contribution in [3.8, 4) is 11.5 Å². The molecule has 0 saturated heterocycles. The molecule has 0 aliphatic carbocycles. The number of nitro groups is 1. The molecule has 2 aromatic carbocycles. The van der Waals surface area contributed by atoms with Crippen LogP contribution in [0, 0.1) is 24.0 Å². The van der Waals surface area contributed by atoms with E-state index in [1.807, 2.05) is 13.0 Å². The lowest BCUT2D eigenvalue weighted by Gasteiger charge is -2.10. The summed E-state index contributed by atoms with van der Waals surface area (Å²) < 4.78 is 45.1. The van der Waals surface area contributed by atoms with Crippen molar-refractivity contribution in [1.82, 2.24) is 9.78 Å². The molecular weight excluding hydrogens is 429 g/mol. The van der Waals surface area contributed by atoms with Crippen LogP contribution >= 0.6 is 0 Å². The van der Waals surface area contributed by atoms with Gasteiger partial charge in [-0.05, 0) is 37.6 Å². The molecule has 32 heavy (non-hydrogen) atoms. The van der Waals surface area contributed by atoms with Gasteiger partial charge in [-0.1, -0.05) is 12.1 Å². The van der Waals surface area contributed by atoms with Gasteiger partial charge in [-0.15, -0.1) is 0 Å². The highest BCUT2D eigenvalue weighted by Gasteiger charge is 2.34. The van der Waals surface area contributed by atoms with Crippen molar-refractivity contribution in [2.75, 3.05) is 5.32 Å². The molecule has 0 spiro atoms. The van der Waals surface area contributed by atoms with Crippen LogP contribution in [0.3, 0.4) is 0 Å². The van der Waals surface area contributed by atoms with E-state index in [1.54, 1.807) is 18.2 Å². The maximum atomic E-state index is 12.8. The Bertz CT molecular complexity index is 1160. The Kier molecular flexibility index (Phi) is 6.47. The topological polar surface area (TPSA) is 99.3 Å². The quantitative estimate of drug-likeness (QED) is 0.393. The number of halogens is 3. The molecule has 11 heteroatoms. The SMILES string of the molecule is Cc1cccc(Oc2cc(NC(=O)CCn3nc(C(F)(F)F)cc3C)cc([N+](=O)[O-])c2)c1. The summed E-state index contributed by atoms with van der Waals surface area (Å²) in [6.07, 6.45) is -4.76. The number of nitrogens with one attached hydrogen (secondary N) is 1. The molecule has 0 bridgehead atoms. The van der Waals surface area contributed by atoms with Crippen molar-refractivity contribution in [2.24, 2.45) is 0 Å². The number of hydrogen-bond acceptors (Lipinski definition) is 5. The predicted molar refractivity (Wildman–Crippen MR) is 110 cm³/mol. The van der Waals surface area contributed by atoms with Crippen LogP contribution < -0.4 is 10.1 Å². The molecule has 0 radical (unpaired) electrons. The van der Waals surface area contributed by atoms with Crippen molar-refractivity contribution >= 4 is 17.3 Å². The van der Waals surface area contributed by atoms with Gasteiger partial charge in [-0.3, -0.25) is 19.6 Å². The van der Waals surface area contributed by atoms with Gasteiger partial charge in [0.15, 0.2) is 5.69 Å². The van der Waals surface area contributed by atoms with Crippen molar-refractivity contribution in [2.45, 2.75) is 33.0 Å². The van der Waals surface area contributed by atoms with Gasteiger partial charge in [0, 0.05) is 30.8 Å². The molecule has 0 fully saturated rings. The number of hydrogen-bond donors (Lipinski definition) is 1. The van der Waals surface area contributed by atoms with Crippen LogP contribution in [0.25, 0.3) is 0 Å². The Morgan fingerprint density at radius 2 is 1.91 bits per heavy atom. The highest BCUT2D eigenvalue weighted by atomic mass is 19.4. The van der Waals surface area contributed by atoms with Gasteiger partial charge in [0.2, 0.25) is 5.91 Å². The summed E-state index contributed by atoms with van der Waals surface area (Å²) in [6.45, 7) is 3.23. The number of aryl methyl sites for hydroxylation is 3. The van der Waals surface area contributed by atoms with Crippen molar-refractivity contribution in [3.63, 3.8) is 0 Å². The molecule has 1 amide bonds. The number of anilines is 1. The zero-order valence-corrected chi connectivity index (χ0v) is 17.1. The Labute approximate surface area is 180 Å². The Morgan fingerprint density at radius 3 is 2.53 bits per heavy atom. The molecule has 8 nitrogen and oxygen atoms in total. The zero-order valence-electron chi connectivity index (χ0n) is 17.1. The summed E-state index contributed by atoms with van der Waals surface area (Å²) in [7, 11) is 0. The first kappa shape index (κ1) is 22.8. The standard InChI is InChI=1S/C21H19F3N4O4/c1-13-4-3-5-17(8-13)32-18-11-15(10-16(12-18)28(30)31)25-20(29)6-7-27-14(2)9-19(26-27)21(22,23)24/h3-5,8-12H,6-7H2,1-2H3,(H,25,29). The van der Waals surface area contributed by atoms with Gasteiger partial charge < -0.3 is 10.1 Å². The third-order valence-electron chi connectivity index (χ3n) is 4.43. The summed E-state index contributed by atoms with van der Waals surface area (Å²) in [5, 5.41) is 17.2. The predicted octanol–water partition coefficient (Wildman–Crippen LogP) is 5.25. The van der Waals surface area contributed by atoms with Crippen LogP contribution in [0.4, 0.5) is 24.5 Å². The lowest BCUT2D eigenvalue weighted by molar-refractivity contribution is -0.384. The average Bonchev–Trinajstić information content (AvgIpc) is 3.07. The summed E-state index contributed by atoms with van der Waals surface area (Å²) in [6, 6.07) is 11.8. The molecule has 3 rings (SSSR count). The van der Waals surface area contributed by atoms with E-state index < -0.39 is 22.7 Å². The molecule has 0 saturated carbocycles. The first-order valence-electron chi connectivity index (χ1n) is 9.47. The minimum absolute atomic E-state index is 0.0880. The second kappa shape index (κ2) is 9.08. The number of rotatable bonds is 7. The third kappa shape index (κ3) is 5.84. The summed E-state index contributed by atoms with van der Waals surface area (Å²) in [5.74, 6) is 0.0747. The van der Waals surface area contributed by atoms with E-state index >= 15 is 0 Å². The summed E-state index contributed by atoms with van der Waals surface area (Å²) >= 11 is 0. The molecular formula is C21H19F3N4O4. The van der Waals surface area contributed by atoms with Gasteiger partial charge in [-0.25, -0.2) is 0 Å². The Hall–Kier alpha value is -3.89. The van der Waals surface area contributed by atoms with Gasteiger partial charge >= 0.3 is 6.18 Å². The number of non-ortho nitro benzene ring substituents is 1. The fourth-order valence-corrected chi connectivity index (χ4v) is 2.94. The highest BCUT2D eigenvalue weighted by Crippen LogP contribution is 2.31. The summed E-state index contributed by atoms with van der Waals surface area (Å²) in [4.78, 5) is 23.0. The maximum Gasteiger partial charge on any atom is 0.435 e. The minimum Gasteiger partial charge on any atom is -0.457 e. The Balaban J connectivity index is 1.72. The molecule has 0 aliphatic heterocycles. The lowest BCUT2D eigenvalue weighted by atomic mass is 10.2. The van der Waals surface area contributed by atoms with Gasteiger partial charge in [0.25, 0.3) is 5.69 Å². The van der Waals surface area contributed by atoms with Gasteiger partial charge in [0.05, 0.1) is 16.7 Å². The van der Waals surface area contributed by atoms with E-state index in [0.29, 0.717) is 5.75 Å². The number of ether oxygens (including phenoxy) is 1. The highest BCUT2D eigenvalue weighted by molar-refractivity contribution is 5.91. The molecule has 1 aromatic heterocycles. The first-order chi connectivity index (χ1) is 15.0. The summed E-state index contributed by atoms with van der Waals surface area (Å²) in [5.41, 5.74) is -0.00591. The molecule has 0 unspecified atom stereocenters. The van der Waals surface area contributed by atoms with Crippen LogP contribution in [-0.2, 0) is 17.5 Å². The van der Waals surface area contributed by atoms with E-state index in [2.05, 4.69) is 10.4 Å². The van der Waals surface area contributed by atoms with Crippen molar-refractivity contribution < 1.29 is 27.6 Å². The van der Waals surface area contributed by atoms with Crippen molar-refractivity contribution in [1.29, 1.82) is 0 Å². The maximum absolute atomic E-state index is 12.8. The minimum atomic E-state index is -4.57. The second-order valence-electron chi connectivity index (χ2n) is 7.08. The molecule has 0 aliphatic rings. The van der Waals surface area contributed by atoms with Crippen LogP contribution in [0.2, 0.25) is 0 Å². The zero-order chi connectivity index (χ0) is 23.5. The second-order valence-corrected chi connectivity index (χ2v) is 7.08. The molecule has 1 heterocycles. The smallest absolute Gasteiger partial charge is 0.435 e. The normalized spacial score (nSPS) is 11.3. The molecule has 0 atom stereocenters. The van der Waals surface area contributed by atoms with Gasteiger partial charge in [-0.2, -0.15) is 18.3 Å². The number of amides is 1. The fraction of sp³-hybridized carbons (Fsp3) is 0.238. The Morgan fingerprint density at radius 1 is 1.16 bits per heavy atom. The third-order valence-corrected chi connectivity index (χ3v) is 4.43. The van der Waals surface area contributed by atoms with Crippen LogP contribution in [-0.4, -0.2) is 20.6 Å². The van der Waals surface area contributed by atoms with E-state index in [0.717, 1.165) is 16.3 Å². The molecule has 168 valence electrons. The van der Waals surface area contributed by atoms with E-state index in [-0.39, 0.29) is 35.8 Å². The number of nitro benzene ring substituents is 1. The number of nitrogens with zero attached hydrogens (tertiary/aromatic N) is 3. The van der Waals surface area contributed by atoms with Crippen LogP contribution in [0.15, 0.2) is 48.5 Å². The number of benzene rings is 2. The van der Waals surface area contributed by atoms with Crippen LogP contribution in [0.5, 0.6) is 11.5 Å². The fourth-order valence-electron chi connectivity index (χ4n) is 2.94. The number of aromatic nitrogens is 2. The van der Waals surface area contributed by atoms with E-state index in [9.17, 15) is 28.1 Å². The monoisotopic (exact) mass is 448 g/mol. The van der Waals surface area contributed by atoms with Crippen molar-refractivity contribution in [3.05, 3.63) is 75.6 Å². The lowest BCUT2D eigenvalue weighted by Crippen LogP contribution is -2.16. The van der Waals surface area contributed by atoms with Gasteiger partial charge in [0.1, 0.15) is 11.5 Å². The van der Waals surface area contributed by atoms with E-state index in [4.69, 9.17) is 4.74 Å². The van der Waals surface area contributed by atoms with E-state index in [1.165, 1.54) is 25.1 Å². The number of carbonyl (C=O) groups excluding carboxylic acids is 1. The largest absolute Gasteiger partial charge is 0.457 e. The molecule has 1 N–H and O–H groups in total. The van der Waals surface area contributed by atoms with Crippen LogP contribution in [0.1, 0.15) is 23.4 Å². The number of carbonyl (C=O) groups is 1. The first-order valence-corrected chi connectivity index (χ1v) is 9.47. The number of alkyl halides is 3. The molecule has 3 aromatic rings. The average molecular weight is 448 g/mol.